The van der Waals surface area contributed by atoms with Crippen molar-refractivity contribution in [3.05, 3.63) is 86.0 Å². The molecule has 0 saturated heterocycles. The number of hydrogen-bond donors (Lipinski definition) is 4. The average Bonchev–Trinajstić information content (AvgIpc) is 2.93. The number of rotatable bonds is 6. The standard InChI is InChI=1S/C26H12F12IN3O6/c27-16-10(3-1-5-14(16)40-21(45)46)19(43)42(20(44)11-4-2-6-15(17(11)28)41-22(47)48)18-12(24(30,31)32)7-9(8-13(18)39)23(29,25(33,34)35)26(36,37)38/h1-8,40-41H,(H,45,46)(H,47,48). The summed E-state index contributed by atoms with van der Waals surface area (Å²) in [5.41, 5.74) is -18.8. The van der Waals surface area contributed by atoms with Gasteiger partial charge in [0.1, 0.15) is 0 Å². The van der Waals surface area contributed by atoms with E-state index < -0.39 is 120 Å². The Hall–Kier alpha value is -4.77. The SMILES string of the molecule is O=C(O)Nc1cccc(C(=O)N(C(=O)c2cccc(NC(=O)O)c2F)c2c(I)cc(C(F)(C(F)(F)F)C(F)(F)F)cc2C(F)(F)F)c1F. The van der Waals surface area contributed by atoms with E-state index >= 15 is 8.78 Å². The van der Waals surface area contributed by atoms with Crippen molar-refractivity contribution < 1.29 is 82.1 Å². The van der Waals surface area contributed by atoms with Gasteiger partial charge < -0.3 is 10.2 Å². The molecule has 0 fully saturated rings. The topological polar surface area (TPSA) is 136 Å². The fraction of sp³-hybridized carbons (Fsp3) is 0.154. The number of anilines is 3. The fourth-order valence-corrected chi connectivity index (χ4v) is 4.95. The minimum Gasteiger partial charge on any atom is -0.465 e. The van der Waals surface area contributed by atoms with Crippen molar-refractivity contribution >= 4 is 63.7 Å². The van der Waals surface area contributed by atoms with Gasteiger partial charge in [-0.2, -0.15) is 39.5 Å². The summed E-state index contributed by atoms with van der Waals surface area (Å²) in [6.07, 6.45) is -23.9. The molecule has 0 saturated carbocycles. The van der Waals surface area contributed by atoms with Gasteiger partial charge in [-0.1, -0.05) is 12.1 Å². The van der Waals surface area contributed by atoms with E-state index in [1.165, 1.54) is 10.6 Å². The number of carbonyl (C=O) groups excluding carboxylic acids is 2. The van der Waals surface area contributed by atoms with Gasteiger partial charge in [-0.25, -0.2) is 27.7 Å². The molecule has 0 heterocycles. The Balaban J connectivity index is 2.50. The number of nitrogens with one attached hydrogen (secondary N) is 2. The second-order valence-corrected chi connectivity index (χ2v) is 10.3. The van der Waals surface area contributed by atoms with Crippen LogP contribution in [0.3, 0.4) is 0 Å². The molecule has 3 rings (SSSR count). The summed E-state index contributed by atoms with van der Waals surface area (Å²) >= 11 is 0.616. The molecule has 0 aromatic heterocycles. The minimum atomic E-state index is -6.93. The van der Waals surface area contributed by atoms with Crippen LogP contribution in [0, 0.1) is 15.2 Å². The number of nitrogens with zero attached hydrogens (tertiary/aromatic N) is 1. The second-order valence-electron chi connectivity index (χ2n) is 9.15. The van der Waals surface area contributed by atoms with E-state index in [0.717, 1.165) is 12.1 Å². The lowest BCUT2D eigenvalue weighted by Crippen LogP contribution is -2.50. The maximum Gasteiger partial charge on any atom is 0.435 e. The van der Waals surface area contributed by atoms with Gasteiger partial charge in [0.2, 0.25) is 0 Å². The van der Waals surface area contributed by atoms with Crippen molar-refractivity contribution in [2.75, 3.05) is 15.5 Å². The number of benzene rings is 3. The van der Waals surface area contributed by atoms with Gasteiger partial charge in [0.15, 0.2) is 11.6 Å². The molecule has 0 unspecified atom stereocenters. The molecule has 0 spiro atoms. The van der Waals surface area contributed by atoms with Gasteiger partial charge in [0.25, 0.3) is 11.8 Å². The molecule has 0 bridgehead atoms. The number of carboxylic acid groups (broad SMARTS) is 2. The van der Waals surface area contributed by atoms with E-state index in [4.69, 9.17) is 10.2 Å². The molecular formula is C26H12F12IN3O6. The number of hydrogen-bond acceptors (Lipinski definition) is 4. The van der Waals surface area contributed by atoms with Gasteiger partial charge in [-0.15, -0.1) is 0 Å². The third-order valence-electron chi connectivity index (χ3n) is 6.12. The van der Waals surface area contributed by atoms with Crippen molar-refractivity contribution in [3.8, 4) is 0 Å². The molecule has 0 aliphatic rings. The van der Waals surface area contributed by atoms with E-state index in [2.05, 4.69) is 0 Å². The first-order valence-corrected chi connectivity index (χ1v) is 13.1. The van der Waals surface area contributed by atoms with Crippen LogP contribution in [0.1, 0.15) is 31.8 Å². The highest BCUT2D eigenvalue weighted by atomic mass is 127. The number of imide groups is 1. The Kier molecular flexibility index (Phi) is 10.2. The van der Waals surface area contributed by atoms with Crippen LogP contribution in [0.15, 0.2) is 48.5 Å². The zero-order valence-electron chi connectivity index (χ0n) is 22.5. The van der Waals surface area contributed by atoms with Crippen molar-refractivity contribution in [1.82, 2.24) is 0 Å². The van der Waals surface area contributed by atoms with E-state index in [-0.39, 0.29) is 0 Å². The number of amides is 4. The fourth-order valence-electron chi connectivity index (χ4n) is 4.08. The molecule has 22 heteroatoms. The Labute approximate surface area is 271 Å². The highest BCUT2D eigenvalue weighted by Crippen LogP contribution is 2.55. The van der Waals surface area contributed by atoms with Crippen LogP contribution in [0.4, 0.5) is 79.3 Å². The Morgan fingerprint density at radius 1 is 0.667 bits per heavy atom. The van der Waals surface area contributed by atoms with E-state index in [0.29, 0.717) is 46.9 Å². The first-order valence-electron chi connectivity index (χ1n) is 12.0. The lowest BCUT2D eigenvalue weighted by atomic mass is 9.91. The van der Waals surface area contributed by atoms with Gasteiger partial charge in [0.05, 0.1) is 33.8 Å². The summed E-state index contributed by atoms with van der Waals surface area (Å²) in [6.45, 7) is 0. The average molecular weight is 817 g/mol. The van der Waals surface area contributed by atoms with Crippen LogP contribution in [0.25, 0.3) is 0 Å². The maximum atomic E-state index is 15.3. The van der Waals surface area contributed by atoms with Crippen LogP contribution in [0.5, 0.6) is 0 Å². The molecule has 48 heavy (non-hydrogen) atoms. The predicted octanol–water partition coefficient (Wildman–Crippen LogP) is 8.54. The zero-order valence-corrected chi connectivity index (χ0v) is 24.7. The molecular weight excluding hydrogens is 805 g/mol. The van der Waals surface area contributed by atoms with Crippen LogP contribution in [0.2, 0.25) is 0 Å². The molecule has 0 radical (unpaired) electrons. The lowest BCUT2D eigenvalue weighted by molar-refractivity contribution is -0.348. The summed E-state index contributed by atoms with van der Waals surface area (Å²) in [6, 6.07) is 2.27. The maximum absolute atomic E-state index is 15.3. The van der Waals surface area contributed by atoms with E-state index in [1.807, 2.05) is 0 Å². The summed E-state index contributed by atoms with van der Waals surface area (Å²) in [5.74, 6) is -8.20. The molecule has 0 atom stereocenters. The summed E-state index contributed by atoms with van der Waals surface area (Å²) in [7, 11) is 0. The third-order valence-corrected chi connectivity index (χ3v) is 6.94. The van der Waals surface area contributed by atoms with Crippen LogP contribution < -0.4 is 15.5 Å². The molecule has 0 aliphatic carbocycles. The Morgan fingerprint density at radius 3 is 1.40 bits per heavy atom. The van der Waals surface area contributed by atoms with Crippen molar-refractivity contribution in [1.29, 1.82) is 0 Å². The van der Waals surface area contributed by atoms with Crippen LogP contribution in [-0.4, -0.2) is 46.6 Å². The summed E-state index contributed by atoms with van der Waals surface area (Å²) in [5, 5.41) is 20.7. The molecule has 3 aromatic rings. The molecule has 4 amide bonds. The molecule has 0 aliphatic heterocycles. The van der Waals surface area contributed by atoms with Crippen molar-refractivity contribution in [2.45, 2.75) is 24.2 Å². The van der Waals surface area contributed by atoms with Crippen LogP contribution >= 0.6 is 22.6 Å². The van der Waals surface area contributed by atoms with E-state index in [9.17, 15) is 63.1 Å². The normalized spacial score (nSPS) is 12.4. The first-order chi connectivity index (χ1) is 21.8. The zero-order chi connectivity index (χ0) is 36.7. The van der Waals surface area contributed by atoms with Gasteiger partial charge in [0, 0.05) is 9.13 Å². The predicted molar refractivity (Wildman–Crippen MR) is 146 cm³/mol. The highest BCUT2D eigenvalue weighted by Gasteiger charge is 2.74. The number of carbonyl (C=O) groups is 4. The minimum absolute atomic E-state index is 0.447. The largest absolute Gasteiger partial charge is 0.465 e. The highest BCUT2D eigenvalue weighted by molar-refractivity contribution is 14.1. The summed E-state index contributed by atoms with van der Waals surface area (Å²) in [4.78, 5) is 48.7. The smallest absolute Gasteiger partial charge is 0.435 e. The monoisotopic (exact) mass is 817 g/mol. The van der Waals surface area contributed by atoms with Crippen molar-refractivity contribution in [2.24, 2.45) is 0 Å². The van der Waals surface area contributed by atoms with Crippen LogP contribution in [-0.2, 0) is 11.8 Å². The number of halogens is 13. The third kappa shape index (κ3) is 7.06. The number of alkyl halides is 10. The molecule has 9 nitrogen and oxygen atoms in total. The Morgan fingerprint density at radius 2 is 1.06 bits per heavy atom. The summed E-state index contributed by atoms with van der Waals surface area (Å²) < 4.78 is 168. The second kappa shape index (κ2) is 13.0. The molecule has 258 valence electrons. The van der Waals surface area contributed by atoms with Gasteiger partial charge in [-0.3, -0.25) is 20.2 Å². The van der Waals surface area contributed by atoms with Gasteiger partial charge in [-0.05, 0) is 59.0 Å². The first kappa shape index (κ1) is 37.7. The van der Waals surface area contributed by atoms with E-state index in [1.54, 1.807) is 0 Å². The van der Waals surface area contributed by atoms with Crippen molar-refractivity contribution in [3.63, 3.8) is 0 Å². The van der Waals surface area contributed by atoms with Gasteiger partial charge >= 0.3 is 36.4 Å². The molecule has 3 aromatic carbocycles. The Bertz CT molecular complexity index is 1720. The lowest BCUT2D eigenvalue weighted by Gasteiger charge is -2.32. The quantitative estimate of drug-likeness (QED) is 0.112. The molecule has 4 N–H and O–H groups in total.